The maximum Gasteiger partial charge on any atom is 0.256 e. The summed E-state index contributed by atoms with van der Waals surface area (Å²) in [5, 5.41) is 12.3. The van der Waals surface area contributed by atoms with Crippen LogP contribution in [0.25, 0.3) is 22.2 Å². The van der Waals surface area contributed by atoms with Crippen LogP contribution in [0.4, 0.5) is 10.1 Å². The highest BCUT2D eigenvalue weighted by molar-refractivity contribution is 6.13. The van der Waals surface area contributed by atoms with Crippen molar-refractivity contribution in [2.75, 3.05) is 5.32 Å². The zero-order valence-corrected chi connectivity index (χ0v) is 18.9. The van der Waals surface area contributed by atoms with Gasteiger partial charge in [0, 0.05) is 34.9 Å². The molecule has 8 heteroatoms. The van der Waals surface area contributed by atoms with Gasteiger partial charge in [0.25, 0.3) is 5.91 Å². The molecule has 5 aromatic rings. The van der Waals surface area contributed by atoms with Gasteiger partial charge in [-0.15, -0.1) is 0 Å². The Bertz CT molecular complexity index is 1500. The fourth-order valence-corrected chi connectivity index (χ4v) is 4.03. The van der Waals surface area contributed by atoms with Gasteiger partial charge in [0.15, 0.2) is 0 Å². The molecule has 0 saturated carbocycles. The van der Waals surface area contributed by atoms with Gasteiger partial charge >= 0.3 is 0 Å². The lowest BCUT2D eigenvalue weighted by molar-refractivity contribution is 0.102. The number of nitrogens with zero attached hydrogens (tertiary/aromatic N) is 5. The second kappa shape index (κ2) is 8.90. The molecule has 0 aliphatic rings. The number of rotatable bonds is 6. The van der Waals surface area contributed by atoms with E-state index in [2.05, 4.69) is 15.5 Å². The normalized spacial score (nSPS) is 11.1. The van der Waals surface area contributed by atoms with Crippen LogP contribution >= 0.6 is 0 Å². The Morgan fingerprint density at radius 1 is 1.06 bits per heavy atom. The Hall–Kier alpha value is -4.33. The topological polar surface area (TPSA) is 77.6 Å². The van der Waals surface area contributed by atoms with E-state index in [0.717, 1.165) is 28.7 Å². The molecule has 0 saturated heterocycles. The molecule has 34 heavy (non-hydrogen) atoms. The van der Waals surface area contributed by atoms with Crippen LogP contribution in [-0.2, 0) is 13.1 Å². The fourth-order valence-electron chi connectivity index (χ4n) is 4.03. The van der Waals surface area contributed by atoms with Gasteiger partial charge in [-0.05, 0) is 32.0 Å². The van der Waals surface area contributed by atoms with E-state index < -0.39 is 0 Å². The van der Waals surface area contributed by atoms with Gasteiger partial charge in [-0.1, -0.05) is 36.4 Å². The maximum atomic E-state index is 14.0. The first-order valence-corrected chi connectivity index (χ1v) is 11.0. The van der Waals surface area contributed by atoms with Crippen LogP contribution in [0, 0.1) is 12.7 Å². The minimum atomic E-state index is -0.291. The highest BCUT2D eigenvalue weighted by Gasteiger charge is 2.17. The number of nitrogens with one attached hydrogen (secondary N) is 1. The Morgan fingerprint density at radius 2 is 1.85 bits per heavy atom. The van der Waals surface area contributed by atoms with Gasteiger partial charge in [-0.25, -0.2) is 9.37 Å². The van der Waals surface area contributed by atoms with Crippen molar-refractivity contribution in [1.82, 2.24) is 24.5 Å². The monoisotopic (exact) mass is 454 g/mol. The number of fused-ring (bicyclic) bond motifs is 1. The summed E-state index contributed by atoms with van der Waals surface area (Å²) in [4.78, 5) is 18.1. The van der Waals surface area contributed by atoms with Crippen molar-refractivity contribution in [1.29, 1.82) is 0 Å². The van der Waals surface area contributed by atoms with Gasteiger partial charge < -0.3 is 5.32 Å². The third kappa shape index (κ3) is 4.05. The number of aromatic nitrogens is 5. The van der Waals surface area contributed by atoms with Crippen molar-refractivity contribution in [3.63, 3.8) is 0 Å². The van der Waals surface area contributed by atoms with Gasteiger partial charge in [0.05, 0.1) is 41.4 Å². The molecule has 0 spiro atoms. The Morgan fingerprint density at radius 3 is 2.65 bits per heavy atom. The van der Waals surface area contributed by atoms with Crippen LogP contribution < -0.4 is 5.32 Å². The van der Waals surface area contributed by atoms with Crippen molar-refractivity contribution in [2.45, 2.75) is 26.9 Å². The molecule has 5 rings (SSSR count). The molecular weight excluding hydrogens is 431 g/mol. The van der Waals surface area contributed by atoms with Crippen molar-refractivity contribution < 1.29 is 9.18 Å². The zero-order valence-electron chi connectivity index (χ0n) is 18.9. The van der Waals surface area contributed by atoms with Gasteiger partial charge in [-0.3, -0.25) is 14.2 Å². The predicted molar refractivity (Wildman–Crippen MR) is 129 cm³/mol. The lowest BCUT2D eigenvalue weighted by Gasteiger charge is -2.10. The molecule has 0 unspecified atom stereocenters. The van der Waals surface area contributed by atoms with E-state index in [4.69, 9.17) is 4.98 Å². The number of anilines is 1. The summed E-state index contributed by atoms with van der Waals surface area (Å²) in [6, 6.07) is 15.9. The summed E-state index contributed by atoms with van der Waals surface area (Å²) in [6.45, 7) is 5.05. The molecule has 0 aliphatic carbocycles. The lowest BCUT2D eigenvalue weighted by Crippen LogP contribution is -2.13. The average molecular weight is 455 g/mol. The molecule has 170 valence electrons. The van der Waals surface area contributed by atoms with Crippen molar-refractivity contribution in [3.05, 3.63) is 95.8 Å². The second-order valence-corrected chi connectivity index (χ2v) is 8.00. The number of para-hydroxylation sites is 1. The van der Waals surface area contributed by atoms with Crippen LogP contribution in [0.3, 0.4) is 0 Å². The summed E-state index contributed by atoms with van der Waals surface area (Å²) in [6.07, 6.45) is 5.02. The number of hydrogen-bond acceptors (Lipinski definition) is 4. The summed E-state index contributed by atoms with van der Waals surface area (Å²) < 4.78 is 17.5. The van der Waals surface area contributed by atoms with Crippen molar-refractivity contribution >= 4 is 22.5 Å². The largest absolute Gasteiger partial charge is 0.319 e. The molecule has 7 nitrogen and oxygen atoms in total. The second-order valence-electron chi connectivity index (χ2n) is 8.00. The summed E-state index contributed by atoms with van der Waals surface area (Å²) in [5.74, 6) is -0.563. The third-order valence-corrected chi connectivity index (χ3v) is 5.82. The fraction of sp³-hybridized carbons (Fsp3) is 0.154. The lowest BCUT2D eigenvalue weighted by atomic mass is 10.0. The molecule has 1 N–H and O–H groups in total. The number of hydrogen-bond donors (Lipinski definition) is 1. The van der Waals surface area contributed by atoms with Crippen molar-refractivity contribution in [3.8, 4) is 11.3 Å². The highest BCUT2D eigenvalue weighted by Crippen LogP contribution is 2.27. The van der Waals surface area contributed by atoms with E-state index in [1.807, 2.05) is 42.8 Å². The number of benzene rings is 2. The van der Waals surface area contributed by atoms with E-state index in [-0.39, 0.29) is 18.3 Å². The predicted octanol–water partition coefficient (Wildman–Crippen LogP) is 5.06. The molecule has 2 aromatic carbocycles. The third-order valence-electron chi connectivity index (χ3n) is 5.82. The quantitative estimate of drug-likeness (QED) is 0.389. The average Bonchev–Trinajstić information content (AvgIpc) is 3.45. The molecule has 0 radical (unpaired) electrons. The highest BCUT2D eigenvalue weighted by atomic mass is 19.1. The van der Waals surface area contributed by atoms with E-state index >= 15 is 0 Å². The van der Waals surface area contributed by atoms with E-state index in [1.165, 1.54) is 6.07 Å². The first-order valence-electron chi connectivity index (χ1n) is 11.0. The number of amides is 1. The molecule has 0 bridgehead atoms. The van der Waals surface area contributed by atoms with E-state index in [9.17, 15) is 9.18 Å². The summed E-state index contributed by atoms with van der Waals surface area (Å²) in [5.41, 5.74) is 4.85. The standard InChI is InChI=1S/C26H23FN6O/c1-3-33-17(2)22(14-29-33)25-12-21(20-9-5-7-11-24(20)31-25)26(34)30-19-13-28-32(16-19)15-18-8-4-6-10-23(18)27/h4-14,16H,3,15H2,1-2H3,(H,30,34). The summed E-state index contributed by atoms with van der Waals surface area (Å²) in [7, 11) is 0. The Balaban J connectivity index is 1.46. The SMILES string of the molecule is CCn1ncc(-c2cc(C(=O)Nc3cnn(Cc4ccccc4F)c3)c3ccccc3n2)c1C. The molecular formula is C26H23FN6O. The van der Waals surface area contributed by atoms with Gasteiger partial charge in [0.1, 0.15) is 5.82 Å². The number of aryl methyl sites for hydroxylation is 1. The number of carbonyl (C=O) groups is 1. The smallest absolute Gasteiger partial charge is 0.256 e. The maximum absolute atomic E-state index is 14.0. The zero-order chi connectivity index (χ0) is 23.7. The molecule has 0 aliphatic heterocycles. The van der Waals surface area contributed by atoms with Crippen LogP contribution in [0.2, 0.25) is 0 Å². The van der Waals surface area contributed by atoms with Gasteiger partial charge in [0.2, 0.25) is 0 Å². The first kappa shape index (κ1) is 21.5. The first-order chi connectivity index (χ1) is 16.5. The van der Waals surface area contributed by atoms with E-state index in [1.54, 1.807) is 47.5 Å². The van der Waals surface area contributed by atoms with E-state index in [0.29, 0.717) is 22.5 Å². The number of carbonyl (C=O) groups excluding carboxylic acids is 1. The van der Waals surface area contributed by atoms with Crippen molar-refractivity contribution in [2.24, 2.45) is 0 Å². The Labute approximate surface area is 195 Å². The summed E-state index contributed by atoms with van der Waals surface area (Å²) >= 11 is 0. The molecule has 0 fully saturated rings. The molecule has 0 atom stereocenters. The van der Waals surface area contributed by atoms with Gasteiger partial charge in [-0.2, -0.15) is 10.2 Å². The molecule has 3 aromatic heterocycles. The van der Waals surface area contributed by atoms with Crippen LogP contribution in [0.5, 0.6) is 0 Å². The molecule has 1 amide bonds. The molecule has 3 heterocycles. The Kier molecular flexibility index (Phi) is 5.63. The van der Waals surface area contributed by atoms with Crippen LogP contribution in [-0.4, -0.2) is 30.5 Å². The minimum absolute atomic E-state index is 0.269. The number of halogens is 1. The number of pyridine rings is 1. The van der Waals surface area contributed by atoms with Crippen LogP contribution in [0.15, 0.2) is 73.2 Å². The minimum Gasteiger partial charge on any atom is -0.319 e. The van der Waals surface area contributed by atoms with Crippen LogP contribution in [0.1, 0.15) is 28.5 Å².